The van der Waals surface area contributed by atoms with E-state index < -0.39 is 0 Å². The van der Waals surface area contributed by atoms with E-state index in [1.165, 1.54) is 11.8 Å². The van der Waals surface area contributed by atoms with Crippen LogP contribution in [0.25, 0.3) is 10.9 Å². The molecule has 110 valence electrons. The molecule has 0 radical (unpaired) electrons. The van der Waals surface area contributed by atoms with Crippen LogP contribution in [0.15, 0.2) is 65.7 Å². The molecule has 0 unspecified atom stereocenters. The van der Waals surface area contributed by atoms with Crippen molar-refractivity contribution in [1.29, 1.82) is 0 Å². The second-order valence-electron chi connectivity index (χ2n) is 4.67. The third-order valence-electron chi connectivity index (χ3n) is 3.10. The number of carbonyl (C=O) groups is 1. The normalized spacial score (nSPS) is 10.6. The second kappa shape index (κ2) is 6.81. The Kier molecular flexibility index (Phi) is 4.61. The molecule has 0 fully saturated rings. The average Bonchev–Trinajstić information content (AvgIpc) is 2.55. The van der Waals surface area contributed by atoms with E-state index in [-0.39, 0.29) is 5.91 Å². The highest BCUT2D eigenvalue weighted by Gasteiger charge is 2.06. The lowest BCUT2D eigenvalue weighted by molar-refractivity contribution is -0.113. The van der Waals surface area contributed by atoms with Crippen LogP contribution in [0.1, 0.15) is 0 Å². The summed E-state index contributed by atoms with van der Waals surface area (Å²) in [7, 11) is 0. The first-order valence-corrected chi connectivity index (χ1v) is 8.11. The molecule has 0 saturated carbocycles. The van der Waals surface area contributed by atoms with Crippen molar-refractivity contribution in [2.45, 2.75) is 4.90 Å². The van der Waals surface area contributed by atoms with Crippen LogP contribution >= 0.6 is 23.4 Å². The van der Waals surface area contributed by atoms with Gasteiger partial charge in [-0.3, -0.25) is 9.78 Å². The van der Waals surface area contributed by atoms with Gasteiger partial charge in [-0.15, -0.1) is 11.8 Å². The molecule has 1 heterocycles. The lowest BCUT2D eigenvalue weighted by atomic mass is 10.2. The first-order chi connectivity index (χ1) is 10.7. The number of anilines is 1. The van der Waals surface area contributed by atoms with E-state index >= 15 is 0 Å². The highest BCUT2D eigenvalue weighted by Crippen LogP contribution is 2.26. The van der Waals surface area contributed by atoms with Crippen molar-refractivity contribution in [3.8, 4) is 0 Å². The lowest BCUT2D eigenvalue weighted by Crippen LogP contribution is -2.13. The molecule has 1 N–H and O–H groups in total. The van der Waals surface area contributed by atoms with Gasteiger partial charge in [0.2, 0.25) is 5.91 Å². The number of benzene rings is 2. The standard InChI is InChI=1S/C17H13ClN2OS/c18-12-5-7-13(8-6-12)20-17(21)11-22-16-9-10-19-15-4-2-1-3-14(15)16/h1-10H,11H2,(H,20,21). The highest BCUT2D eigenvalue weighted by atomic mass is 35.5. The molecule has 1 aromatic heterocycles. The summed E-state index contributed by atoms with van der Waals surface area (Å²) in [5.41, 5.74) is 1.68. The number of halogens is 1. The molecule has 3 aromatic rings. The van der Waals surface area contributed by atoms with Crippen LogP contribution in [0.5, 0.6) is 0 Å². The molecule has 3 rings (SSSR count). The average molecular weight is 329 g/mol. The van der Waals surface area contributed by atoms with Gasteiger partial charge in [-0.2, -0.15) is 0 Å². The number of hydrogen-bond donors (Lipinski definition) is 1. The maximum absolute atomic E-state index is 12.0. The Bertz CT molecular complexity index is 800. The van der Waals surface area contributed by atoms with Gasteiger partial charge in [0.05, 0.1) is 11.3 Å². The number of amides is 1. The Morgan fingerprint density at radius 1 is 1.09 bits per heavy atom. The summed E-state index contributed by atoms with van der Waals surface area (Å²) in [6.07, 6.45) is 1.77. The van der Waals surface area contributed by atoms with Gasteiger partial charge in [-0.05, 0) is 36.4 Å². The summed E-state index contributed by atoms with van der Waals surface area (Å²) in [6.45, 7) is 0. The molecule has 0 saturated heterocycles. The summed E-state index contributed by atoms with van der Waals surface area (Å²) in [4.78, 5) is 17.4. The van der Waals surface area contributed by atoms with Crippen LogP contribution in [0.4, 0.5) is 5.69 Å². The fourth-order valence-electron chi connectivity index (χ4n) is 2.07. The summed E-state index contributed by atoms with van der Waals surface area (Å²) >= 11 is 7.32. The molecular weight excluding hydrogens is 316 g/mol. The van der Waals surface area contributed by atoms with Crippen molar-refractivity contribution < 1.29 is 4.79 Å². The van der Waals surface area contributed by atoms with Gasteiger partial charge in [-0.25, -0.2) is 0 Å². The zero-order valence-electron chi connectivity index (χ0n) is 11.6. The molecule has 0 aliphatic heterocycles. The van der Waals surface area contributed by atoms with E-state index in [1.807, 2.05) is 30.3 Å². The molecule has 0 atom stereocenters. The molecule has 1 amide bonds. The van der Waals surface area contributed by atoms with Crippen LogP contribution in [0, 0.1) is 0 Å². The zero-order chi connectivity index (χ0) is 15.4. The SMILES string of the molecule is O=C(CSc1ccnc2ccccc12)Nc1ccc(Cl)cc1. The number of carbonyl (C=O) groups excluding carboxylic acids is 1. The maximum Gasteiger partial charge on any atom is 0.234 e. The summed E-state index contributed by atoms with van der Waals surface area (Å²) in [5.74, 6) is 0.296. The molecule has 22 heavy (non-hydrogen) atoms. The number of fused-ring (bicyclic) bond motifs is 1. The molecule has 5 heteroatoms. The number of nitrogens with one attached hydrogen (secondary N) is 1. The zero-order valence-corrected chi connectivity index (χ0v) is 13.2. The van der Waals surface area contributed by atoms with Crippen molar-refractivity contribution in [1.82, 2.24) is 4.98 Å². The molecule has 0 bridgehead atoms. The number of pyridine rings is 1. The quantitative estimate of drug-likeness (QED) is 0.711. The third kappa shape index (κ3) is 3.59. The van der Waals surface area contributed by atoms with E-state index in [0.717, 1.165) is 21.5 Å². The first-order valence-electron chi connectivity index (χ1n) is 6.74. The van der Waals surface area contributed by atoms with Gasteiger partial charge < -0.3 is 5.32 Å². The molecular formula is C17H13ClN2OS. The van der Waals surface area contributed by atoms with Crippen molar-refractivity contribution >= 4 is 45.9 Å². The monoisotopic (exact) mass is 328 g/mol. The highest BCUT2D eigenvalue weighted by molar-refractivity contribution is 8.00. The summed E-state index contributed by atoms with van der Waals surface area (Å²) < 4.78 is 0. The predicted molar refractivity (Wildman–Crippen MR) is 92.5 cm³/mol. The second-order valence-corrected chi connectivity index (χ2v) is 6.12. The maximum atomic E-state index is 12.0. The van der Waals surface area contributed by atoms with Crippen LogP contribution in [-0.4, -0.2) is 16.6 Å². The van der Waals surface area contributed by atoms with Crippen molar-refractivity contribution in [2.75, 3.05) is 11.1 Å². The van der Waals surface area contributed by atoms with E-state index in [2.05, 4.69) is 10.3 Å². The van der Waals surface area contributed by atoms with E-state index in [1.54, 1.807) is 30.5 Å². The van der Waals surface area contributed by atoms with Crippen LogP contribution < -0.4 is 5.32 Å². The van der Waals surface area contributed by atoms with Crippen LogP contribution in [0.3, 0.4) is 0 Å². The van der Waals surface area contributed by atoms with E-state index in [0.29, 0.717) is 10.8 Å². The Morgan fingerprint density at radius 2 is 1.86 bits per heavy atom. The lowest BCUT2D eigenvalue weighted by Gasteiger charge is -2.07. The minimum Gasteiger partial charge on any atom is -0.325 e. The Hall–Kier alpha value is -2.04. The number of rotatable bonds is 4. The Balaban J connectivity index is 1.66. The van der Waals surface area contributed by atoms with Crippen molar-refractivity contribution in [2.24, 2.45) is 0 Å². The molecule has 0 aliphatic rings. The smallest absolute Gasteiger partial charge is 0.234 e. The minimum atomic E-state index is -0.0479. The third-order valence-corrected chi connectivity index (χ3v) is 4.42. The van der Waals surface area contributed by atoms with Crippen molar-refractivity contribution in [3.63, 3.8) is 0 Å². The van der Waals surface area contributed by atoms with Crippen LogP contribution in [0.2, 0.25) is 5.02 Å². The number of nitrogens with zero attached hydrogens (tertiary/aromatic N) is 1. The largest absolute Gasteiger partial charge is 0.325 e. The van der Waals surface area contributed by atoms with Gasteiger partial charge in [0, 0.05) is 27.2 Å². The molecule has 3 nitrogen and oxygen atoms in total. The number of hydrogen-bond acceptors (Lipinski definition) is 3. The fourth-order valence-corrected chi connectivity index (χ4v) is 3.04. The minimum absolute atomic E-state index is 0.0479. The predicted octanol–water partition coefficient (Wildman–Crippen LogP) is 4.62. The molecule has 0 spiro atoms. The van der Waals surface area contributed by atoms with Gasteiger partial charge >= 0.3 is 0 Å². The van der Waals surface area contributed by atoms with Gasteiger partial charge in [-0.1, -0.05) is 29.8 Å². The van der Waals surface area contributed by atoms with Gasteiger partial charge in [0.25, 0.3) is 0 Å². The fraction of sp³-hybridized carbons (Fsp3) is 0.0588. The van der Waals surface area contributed by atoms with Gasteiger partial charge in [0.1, 0.15) is 0 Å². The number of para-hydroxylation sites is 1. The van der Waals surface area contributed by atoms with Gasteiger partial charge in [0.15, 0.2) is 0 Å². The first kappa shape index (κ1) is 14.9. The molecule has 2 aromatic carbocycles. The summed E-state index contributed by atoms with van der Waals surface area (Å²) in [6, 6.07) is 16.9. The number of thioether (sulfide) groups is 1. The molecule has 0 aliphatic carbocycles. The van der Waals surface area contributed by atoms with Crippen molar-refractivity contribution in [3.05, 3.63) is 65.8 Å². The van der Waals surface area contributed by atoms with E-state index in [9.17, 15) is 4.79 Å². The number of aromatic nitrogens is 1. The Morgan fingerprint density at radius 3 is 2.68 bits per heavy atom. The summed E-state index contributed by atoms with van der Waals surface area (Å²) in [5, 5.41) is 4.57. The topological polar surface area (TPSA) is 42.0 Å². The Labute approximate surface area is 137 Å². The van der Waals surface area contributed by atoms with Crippen LogP contribution in [-0.2, 0) is 4.79 Å². The van der Waals surface area contributed by atoms with E-state index in [4.69, 9.17) is 11.6 Å².